The first-order valence-corrected chi connectivity index (χ1v) is 7.31. The molecule has 1 aliphatic carbocycles. The zero-order chi connectivity index (χ0) is 13.7. The Morgan fingerprint density at radius 2 is 2.37 bits per heavy atom. The third-order valence-corrected chi connectivity index (χ3v) is 4.04. The third kappa shape index (κ3) is 4.40. The van der Waals surface area contributed by atoms with Crippen molar-refractivity contribution in [3.8, 4) is 0 Å². The first kappa shape index (κ1) is 14.1. The lowest BCUT2D eigenvalue weighted by Crippen LogP contribution is -2.06. The number of methoxy groups -OCH3 is 1. The summed E-state index contributed by atoms with van der Waals surface area (Å²) in [4.78, 5) is 11.8. The molecule has 0 atom stereocenters. The van der Waals surface area contributed by atoms with E-state index in [1.165, 1.54) is 31.3 Å². The van der Waals surface area contributed by atoms with E-state index in [9.17, 15) is 4.79 Å². The fraction of sp³-hybridized carbons (Fsp3) is 0.615. The number of esters is 1. The molecule has 1 aliphatic rings. The Bertz CT molecular complexity index is 430. The summed E-state index contributed by atoms with van der Waals surface area (Å²) >= 11 is 1.32. The summed E-state index contributed by atoms with van der Waals surface area (Å²) < 4.78 is 10.2. The zero-order valence-corrected chi connectivity index (χ0v) is 11.9. The molecule has 3 N–H and O–H groups in total. The molecule has 2 rings (SSSR count). The molecule has 1 aromatic rings. The normalized spacial score (nSPS) is 14.4. The minimum absolute atomic E-state index is 0.386. The van der Waals surface area contributed by atoms with Gasteiger partial charge in [0, 0.05) is 19.8 Å². The molecule has 5 nitrogen and oxygen atoms in total. The number of hydrogen-bond acceptors (Lipinski definition) is 6. The van der Waals surface area contributed by atoms with Crippen molar-refractivity contribution in [1.82, 2.24) is 0 Å². The van der Waals surface area contributed by atoms with Crippen molar-refractivity contribution in [2.45, 2.75) is 19.3 Å². The minimum Gasteiger partial charge on any atom is -0.465 e. The summed E-state index contributed by atoms with van der Waals surface area (Å²) in [7, 11) is 1.35. The molecule has 0 radical (unpaired) electrons. The second-order valence-corrected chi connectivity index (χ2v) is 5.74. The average molecular weight is 284 g/mol. The van der Waals surface area contributed by atoms with Gasteiger partial charge >= 0.3 is 5.97 Å². The van der Waals surface area contributed by atoms with Crippen LogP contribution in [-0.4, -0.2) is 32.8 Å². The molecule has 0 aromatic carbocycles. The summed E-state index contributed by atoms with van der Waals surface area (Å²) in [6, 6.07) is 1.77. The van der Waals surface area contributed by atoms with Crippen LogP contribution in [0.5, 0.6) is 0 Å². The number of anilines is 2. The molecule has 19 heavy (non-hydrogen) atoms. The van der Waals surface area contributed by atoms with Gasteiger partial charge in [-0.3, -0.25) is 0 Å². The van der Waals surface area contributed by atoms with Gasteiger partial charge < -0.3 is 20.5 Å². The Morgan fingerprint density at radius 3 is 3.05 bits per heavy atom. The quantitative estimate of drug-likeness (QED) is 0.566. The molecule has 1 heterocycles. The minimum atomic E-state index is -0.386. The highest BCUT2D eigenvalue weighted by Gasteiger charge is 2.20. The van der Waals surface area contributed by atoms with Crippen molar-refractivity contribution in [1.29, 1.82) is 0 Å². The van der Waals surface area contributed by atoms with Gasteiger partial charge in [-0.25, -0.2) is 4.79 Å². The van der Waals surface area contributed by atoms with Gasteiger partial charge in [-0.2, -0.15) is 0 Å². The lowest BCUT2D eigenvalue weighted by molar-refractivity contribution is 0.0607. The van der Waals surface area contributed by atoms with Crippen molar-refractivity contribution < 1.29 is 14.3 Å². The van der Waals surface area contributed by atoms with E-state index >= 15 is 0 Å². The van der Waals surface area contributed by atoms with Crippen LogP contribution in [0.2, 0.25) is 0 Å². The number of nitrogens with two attached hydrogens (primary N) is 1. The summed E-state index contributed by atoms with van der Waals surface area (Å²) in [5.74, 6) is 0.427. The maximum Gasteiger partial charge on any atom is 0.350 e. The summed E-state index contributed by atoms with van der Waals surface area (Å²) in [5, 5.41) is 4.13. The van der Waals surface area contributed by atoms with E-state index in [1.807, 2.05) is 0 Å². The van der Waals surface area contributed by atoms with Crippen LogP contribution in [0.1, 0.15) is 28.9 Å². The summed E-state index contributed by atoms with van der Waals surface area (Å²) in [6.45, 7) is 2.48. The van der Waals surface area contributed by atoms with Gasteiger partial charge in [0.1, 0.15) is 4.88 Å². The SMILES string of the molecule is COC(=O)c1sc(NCCCOCC2CC2)cc1N. The van der Waals surface area contributed by atoms with E-state index in [1.54, 1.807) is 6.07 Å². The van der Waals surface area contributed by atoms with E-state index in [0.29, 0.717) is 10.6 Å². The van der Waals surface area contributed by atoms with Crippen LogP contribution in [-0.2, 0) is 9.47 Å². The van der Waals surface area contributed by atoms with Crippen molar-refractivity contribution in [2.24, 2.45) is 5.92 Å². The largest absolute Gasteiger partial charge is 0.465 e. The van der Waals surface area contributed by atoms with Crippen molar-refractivity contribution >= 4 is 28.0 Å². The standard InChI is InChI=1S/C13H20N2O3S/c1-17-13(16)12-10(14)7-11(19-12)15-5-2-6-18-8-9-3-4-9/h7,9,15H,2-6,8,14H2,1H3. The lowest BCUT2D eigenvalue weighted by Gasteiger charge is -2.04. The fourth-order valence-electron chi connectivity index (χ4n) is 1.66. The van der Waals surface area contributed by atoms with Gasteiger partial charge in [-0.1, -0.05) is 0 Å². The van der Waals surface area contributed by atoms with Crippen LogP contribution in [0.15, 0.2) is 6.07 Å². The highest BCUT2D eigenvalue weighted by Crippen LogP contribution is 2.30. The molecule has 6 heteroatoms. The molecule has 0 spiro atoms. The van der Waals surface area contributed by atoms with Gasteiger partial charge in [0.25, 0.3) is 0 Å². The molecule has 0 unspecified atom stereocenters. The van der Waals surface area contributed by atoms with Crippen LogP contribution >= 0.6 is 11.3 Å². The molecule has 0 aliphatic heterocycles. The molecule has 0 saturated heterocycles. The van der Waals surface area contributed by atoms with Gasteiger partial charge in [0.05, 0.1) is 17.8 Å². The highest BCUT2D eigenvalue weighted by molar-refractivity contribution is 7.18. The Balaban J connectivity index is 1.65. The van der Waals surface area contributed by atoms with Gasteiger partial charge in [0.15, 0.2) is 0 Å². The Labute approximate surface area is 117 Å². The van der Waals surface area contributed by atoms with E-state index in [0.717, 1.165) is 37.1 Å². The molecule has 1 aromatic heterocycles. The Hall–Kier alpha value is -1.27. The van der Waals surface area contributed by atoms with Gasteiger partial charge in [-0.05, 0) is 31.2 Å². The maximum atomic E-state index is 11.4. The van der Waals surface area contributed by atoms with Gasteiger partial charge in [0.2, 0.25) is 0 Å². The number of carbonyl (C=O) groups excluding carboxylic acids is 1. The van der Waals surface area contributed by atoms with Crippen molar-refractivity contribution in [3.05, 3.63) is 10.9 Å². The van der Waals surface area contributed by atoms with E-state index in [4.69, 9.17) is 10.5 Å². The van der Waals surface area contributed by atoms with Crippen LogP contribution < -0.4 is 11.1 Å². The van der Waals surface area contributed by atoms with Gasteiger partial charge in [-0.15, -0.1) is 11.3 Å². The molecule has 1 saturated carbocycles. The summed E-state index contributed by atoms with van der Waals surface area (Å²) in [6.07, 6.45) is 3.59. The number of nitrogens with one attached hydrogen (secondary N) is 1. The van der Waals surface area contributed by atoms with E-state index < -0.39 is 0 Å². The number of ether oxygens (including phenoxy) is 2. The molecule has 0 amide bonds. The topological polar surface area (TPSA) is 73.6 Å². The number of carbonyl (C=O) groups is 1. The average Bonchev–Trinajstić information content (AvgIpc) is 3.15. The lowest BCUT2D eigenvalue weighted by atomic mass is 10.4. The van der Waals surface area contributed by atoms with Crippen LogP contribution in [0.3, 0.4) is 0 Å². The number of nitrogen functional groups attached to an aromatic ring is 1. The Morgan fingerprint density at radius 1 is 1.58 bits per heavy atom. The second-order valence-electron chi connectivity index (χ2n) is 4.69. The van der Waals surface area contributed by atoms with Crippen molar-refractivity contribution in [3.63, 3.8) is 0 Å². The molecule has 106 valence electrons. The molecule has 1 fully saturated rings. The van der Waals surface area contributed by atoms with Crippen LogP contribution in [0, 0.1) is 5.92 Å². The predicted octanol–water partition coefficient (Wildman–Crippen LogP) is 2.35. The molecular formula is C13H20N2O3S. The maximum absolute atomic E-state index is 11.4. The van der Waals surface area contributed by atoms with E-state index in [-0.39, 0.29) is 5.97 Å². The molecule has 0 bridgehead atoms. The summed E-state index contributed by atoms with van der Waals surface area (Å²) in [5.41, 5.74) is 6.22. The van der Waals surface area contributed by atoms with E-state index in [2.05, 4.69) is 10.1 Å². The smallest absolute Gasteiger partial charge is 0.350 e. The Kier molecular flexibility index (Phi) is 5.04. The monoisotopic (exact) mass is 284 g/mol. The first-order valence-electron chi connectivity index (χ1n) is 6.50. The van der Waals surface area contributed by atoms with Crippen LogP contribution in [0.25, 0.3) is 0 Å². The first-order chi connectivity index (χ1) is 9.20. The number of hydrogen-bond donors (Lipinski definition) is 2. The second kappa shape index (κ2) is 6.77. The zero-order valence-electron chi connectivity index (χ0n) is 11.1. The highest BCUT2D eigenvalue weighted by atomic mass is 32.1. The van der Waals surface area contributed by atoms with Crippen molar-refractivity contribution in [2.75, 3.05) is 37.9 Å². The van der Waals surface area contributed by atoms with Crippen LogP contribution in [0.4, 0.5) is 10.7 Å². The molecular weight excluding hydrogens is 264 g/mol. The fourth-order valence-corrected chi connectivity index (χ4v) is 2.59. The number of rotatable bonds is 8. The number of thiophene rings is 1. The third-order valence-electron chi connectivity index (χ3n) is 2.95. The predicted molar refractivity (Wildman–Crippen MR) is 76.7 cm³/mol.